The topological polar surface area (TPSA) is 34.2 Å². The lowest BCUT2D eigenvalue weighted by Gasteiger charge is -2.45. The van der Waals surface area contributed by atoms with Crippen LogP contribution in [-0.2, 0) is 4.74 Å². The highest BCUT2D eigenvalue weighted by atomic mass is 32.1. The zero-order chi connectivity index (χ0) is 14.5. The molecule has 1 N–H and O–H groups in total. The average Bonchev–Trinajstić information content (AvgIpc) is 3.03. The van der Waals surface area contributed by atoms with Gasteiger partial charge in [-0.3, -0.25) is 0 Å². The molecule has 1 aromatic rings. The molecule has 0 amide bonds. The van der Waals surface area contributed by atoms with Gasteiger partial charge in [-0.15, -0.1) is 11.3 Å². The van der Waals surface area contributed by atoms with Gasteiger partial charge in [-0.2, -0.15) is 0 Å². The molecular weight excluding hydrogens is 280 g/mol. The van der Waals surface area contributed by atoms with Crippen LogP contribution in [0.25, 0.3) is 0 Å². The zero-order valence-corrected chi connectivity index (χ0v) is 14.0. The lowest BCUT2D eigenvalue weighted by atomic mass is 9.73. The van der Waals surface area contributed by atoms with E-state index in [2.05, 4.69) is 22.6 Å². The van der Waals surface area contributed by atoms with Gasteiger partial charge in [0.15, 0.2) is 0 Å². The lowest BCUT2D eigenvalue weighted by molar-refractivity contribution is -0.122. The fourth-order valence-corrected chi connectivity index (χ4v) is 4.67. The van der Waals surface area contributed by atoms with Crippen LogP contribution in [0.3, 0.4) is 0 Å². The van der Waals surface area contributed by atoms with Crippen LogP contribution in [0.15, 0.2) is 10.9 Å². The van der Waals surface area contributed by atoms with E-state index in [4.69, 9.17) is 4.74 Å². The highest BCUT2D eigenvalue weighted by Crippen LogP contribution is 2.44. The molecule has 1 aromatic heterocycles. The quantitative estimate of drug-likeness (QED) is 0.880. The Morgan fingerprint density at radius 3 is 3.00 bits per heavy atom. The normalized spacial score (nSPS) is 26.8. The monoisotopic (exact) mass is 308 g/mol. The highest BCUT2D eigenvalue weighted by molar-refractivity contribution is 7.07. The second-order valence-corrected chi connectivity index (χ2v) is 7.41. The molecule has 2 unspecified atom stereocenters. The number of rotatable bonds is 5. The first kappa shape index (κ1) is 15.4. The average molecular weight is 308 g/mol. The molecule has 0 aromatic carbocycles. The minimum Gasteiger partial charge on any atom is -0.375 e. The number of thiazole rings is 1. The van der Waals surface area contributed by atoms with Gasteiger partial charge in [0.1, 0.15) is 0 Å². The van der Waals surface area contributed by atoms with Crippen molar-refractivity contribution in [3.05, 3.63) is 16.6 Å². The van der Waals surface area contributed by atoms with Crippen LogP contribution in [-0.4, -0.2) is 23.7 Å². The van der Waals surface area contributed by atoms with E-state index in [9.17, 15) is 0 Å². The van der Waals surface area contributed by atoms with Crippen LogP contribution in [0.4, 0.5) is 0 Å². The molecule has 1 saturated heterocycles. The second-order valence-electron chi connectivity index (χ2n) is 6.69. The van der Waals surface area contributed by atoms with Gasteiger partial charge >= 0.3 is 0 Å². The van der Waals surface area contributed by atoms with Crippen molar-refractivity contribution < 1.29 is 4.74 Å². The molecule has 3 nitrogen and oxygen atoms in total. The smallest absolute Gasteiger partial charge is 0.0795 e. The third-order valence-electron chi connectivity index (χ3n) is 5.15. The second kappa shape index (κ2) is 7.21. The predicted octanol–water partition coefficient (Wildman–Crippen LogP) is 4.31. The number of nitrogens with zero attached hydrogens (tertiary/aromatic N) is 1. The molecule has 21 heavy (non-hydrogen) atoms. The standard InChI is InChI=1S/C17H28N2OS/c1-2-9-18-16(15-12-21-13-19-15)14-6-10-20-17(11-14)7-4-3-5-8-17/h12-14,16,18H,2-11H2,1H3. The Hall–Kier alpha value is -0.450. The summed E-state index contributed by atoms with van der Waals surface area (Å²) in [6.45, 7) is 4.24. The summed E-state index contributed by atoms with van der Waals surface area (Å²) in [4.78, 5) is 4.59. The molecule has 118 valence electrons. The van der Waals surface area contributed by atoms with E-state index < -0.39 is 0 Å². The molecule has 1 saturated carbocycles. The third-order valence-corrected chi connectivity index (χ3v) is 5.76. The Morgan fingerprint density at radius 2 is 2.29 bits per heavy atom. The number of aromatic nitrogens is 1. The Kier molecular flexibility index (Phi) is 5.30. The van der Waals surface area contributed by atoms with E-state index in [1.807, 2.05) is 5.51 Å². The first-order valence-corrected chi connectivity index (χ1v) is 9.53. The maximum Gasteiger partial charge on any atom is 0.0795 e. The van der Waals surface area contributed by atoms with E-state index in [0.29, 0.717) is 12.0 Å². The molecule has 0 radical (unpaired) electrons. The van der Waals surface area contributed by atoms with Crippen molar-refractivity contribution in [2.45, 2.75) is 69.9 Å². The van der Waals surface area contributed by atoms with Crippen LogP contribution >= 0.6 is 11.3 Å². The van der Waals surface area contributed by atoms with Gasteiger partial charge in [-0.05, 0) is 44.6 Å². The molecule has 1 aliphatic heterocycles. The summed E-state index contributed by atoms with van der Waals surface area (Å²) in [5.41, 5.74) is 3.39. The molecular formula is C17H28N2OS. The third kappa shape index (κ3) is 3.66. The summed E-state index contributed by atoms with van der Waals surface area (Å²) in [5.74, 6) is 0.672. The van der Waals surface area contributed by atoms with Gasteiger partial charge < -0.3 is 10.1 Å². The summed E-state index contributed by atoms with van der Waals surface area (Å²) < 4.78 is 6.26. The summed E-state index contributed by atoms with van der Waals surface area (Å²) >= 11 is 1.71. The SMILES string of the molecule is CCCNC(c1cscn1)C1CCOC2(CCCCC2)C1. The Labute approximate surface area is 132 Å². The van der Waals surface area contributed by atoms with Gasteiger partial charge in [0, 0.05) is 12.0 Å². The van der Waals surface area contributed by atoms with Crippen molar-refractivity contribution in [1.29, 1.82) is 0 Å². The Morgan fingerprint density at radius 1 is 1.43 bits per heavy atom. The van der Waals surface area contributed by atoms with Gasteiger partial charge in [0.05, 0.1) is 22.8 Å². The van der Waals surface area contributed by atoms with Gasteiger partial charge in [-0.25, -0.2) is 4.98 Å². The molecule has 4 heteroatoms. The van der Waals surface area contributed by atoms with E-state index in [1.165, 1.54) is 57.1 Å². The number of nitrogens with one attached hydrogen (secondary N) is 1. The molecule has 1 aliphatic carbocycles. The Balaban J connectivity index is 1.72. The molecule has 2 aliphatic rings. The molecule has 3 rings (SSSR count). The maximum atomic E-state index is 6.26. The summed E-state index contributed by atoms with van der Waals surface area (Å²) in [6.07, 6.45) is 10.2. The minimum atomic E-state index is 0.184. The van der Waals surface area contributed by atoms with Crippen molar-refractivity contribution >= 4 is 11.3 Å². The Bertz CT molecular complexity index is 409. The van der Waals surface area contributed by atoms with Gasteiger partial charge in [0.2, 0.25) is 0 Å². The van der Waals surface area contributed by atoms with Gasteiger partial charge in [0.25, 0.3) is 0 Å². The zero-order valence-electron chi connectivity index (χ0n) is 13.1. The van der Waals surface area contributed by atoms with Gasteiger partial charge in [-0.1, -0.05) is 26.2 Å². The first-order chi connectivity index (χ1) is 10.3. The van der Waals surface area contributed by atoms with E-state index in [1.54, 1.807) is 11.3 Å². The summed E-state index contributed by atoms with van der Waals surface area (Å²) in [5, 5.41) is 5.97. The number of hydrogen-bond donors (Lipinski definition) is 1. The summed E-state index contributed by atoms with van der Waals surface area (Å²) in [7, 11) is 0. The minimum absolute atomic E-state index is 0.184. The molecule has 2 heterocycles. The van der Waals surface area contributed by atoms with Crippen LogP contribution < -0.4 is 5.32 Å². The van der Waals surface area contributed by atoms with E-state index in [0.717, 1.165) is 13.2 Å². The predicted molar refractivity (Wildman–Crippen MR) is 87.6 cm³/mol. The molecule has 0 bridgehead atoms. The molecule has 1 spiro atoms. The number of ether oxygens (including phenoxy) is 1. The lowest BCUT2D eigenvalue weighted by Crippen LogP contribution is -2.45. The van der Waals surface area contributed by atoms with Crippen LogP contribution in [0.2, 0.25) is 0 Å². The molecule has 2 atom stereocenters. The van der Waals surface area contributed by atoms with E-state index >= 15 is 0 Å². The van der Waals surface area contributed by atoms with Crippen molar-refractivity contribution in [1.82, 2.24) is 10.3 Å². The number of hydrogen-bond acceptors (Lipinski definition) is 4. The van der Waals surface area contributed by atoms with Crippen LogP contribution in [0, 0.1) is 5.92 Å². The van der Waals surface area contributed by atoms with Crippen molar-refractivity contribution in [3.8, 4) is 0 Å². The molecule has 2 fully saturated rings. The van der Waals surface area contributed by atoms with Crippen LogP contribution in [0.5, 0.6) is 0 Å². The van der Waals surface area contributed by atoms with Crippen molar-refractivity contribution in [2.75, 3.05) is 13.2 Å². The van der Waals surface area contributed by atoms with Crippen LogP contribution in [0.1, 0.15) is 70.0 Å². The van der Waals surface area contributed by atoms with Crippen molar-refractivity contribution in [3.63, 3.8) is 0 Å². The largest absolute Gasteiger partial charge is 0.375 e. The summed E-state index contributed by atoms with van der Waals surface area (Å²) in [6, 6.07) is 0.416. The van der Waals surface area contributed by atoms with E-state index in [-0.39, 0.29) is 5.60 Å². The maximum absolute atomic E-state index is 6.26. The highest BCUT2D eigenvalue weighted by Gasteiger charge is 2.41. The fourth-order valence-electron chi connectivity index (χ4n) is 4.08. The first-order valence-electron chi connectivity index (χ1n) is 8.58. The fraction of sp³-hybridized carbons (Fsp3) is 0.824. The van der Waals surface area contributed by atoms with Crippen molar-refractivity contribution in [2.24, 2.45) is 5.92 Å².